The summed E-state index contributed by atoms with van der Waals surface area (Å²) < 4.78 is 37.4. The second-order valence-electron chi connectivity index (χ2n) is 5.12. The first-order valence-electron chi connectivity index (χ1n) is 6.58. The molecule has 0 nitrogen and oxygen atoms in total. The Morgan fingerprint density at radius 1 is 0.850 bits per heavy atom. The summed E-state index contributed by atoms with van der Waals surface area (Å²) >= 11 is 0. The molecule has 0 N–H and O–H groups in total. The van der Waals surface area contributed by atoms with Crippen LogP contribution in [0.15, 0.2) is 42.5 Å². The van der Waals surface area contributed by atoms with Crippen molar-refractivity contribution >= 4 is 0 Å². The molecule has 0 bridgehead atoms. The van der Waals surface area contributed by atoms with Gasteiger partial charge in [0.05, 0.1) is 5.56 Å². The van der Waals surface area contributed by atoms with Crippen LogP contribution in [0.25, 0.3) is 0 Å². The molecule has 0 saturated carbocycles. The normalized spacial score (nSPS) is 11.7. The molecule has 3 heteroatoms. The molecule has 0 radical (unpaired) electrons. The van der Waals surface area contributed by atoms with Crippen molar-refractivity contribution < 1.29 is 13.2 Å². The van der Waals surface area contributed by atoms with Gasteiger partial charge in [-0.05, 0) is 55.5 Å². The average molecular weight is 278 g/mol. The molecule has 2 aromatic rings. The fraction of sp³-hybridized carbons (Fsp3) is 0.294. The molecular weight excluding hydrogens is 261 g/mol. The van der Waals surface area contributed by atoms with Crippen LogP contribution >= 0.6 is 0 Å². The maximum absolute atomic E-state index is 12.5. The summed E-state index contributed by atoms with van der Waals surface area (Å²) in [7, 11) is 0. The monoisotopic (exact) mass is 278 g/mol. The van der Waals surface area contributed by atoms with E-state index in [1.807, 2.05) is 6.92 Å². The highest BCUT2D eigenvalue weighted by atomic mass is 19.4. The zero-order chi connectivity index (χ0) is 14.8. The zero-order valence-electron chi connectivity index (χ0n) is 11.6. The standard InChI is InChI=1S/C17H17F3/c1-12-3-4-13(2)15(11-12)8-5-14-6-9-16(10-7-14)17(18,19)20/h3-4,6-7,9-11H,5,8H2,1-2H3. The van der Waals surface area contributed by atoms with E-state index in [0.29, 0.717) is 0 Å². The number of halogens is 3. The smallest absolute Gasteiger partial charge is 0.166 e. The molecular formula is C17H17F3. The molecule has 0 spiro atoms. The highest BCUT2D eigenvalue weighted by Gasteiger charge is 2.29. The van der Waals surface area contributed by atoms with E-state index in [2.05, 4.69) is 25.1 Å². The van der Waals surface area contributed by atoms with E-state index >= 15 is 0 Å². The minimum Gasteiger partial charge on any atom is -0.166 e. The molecule has 0 heterocycles. The van der Waals surface area contributed by atoms with Gasteiger partial charge in [0.15, 0.2) is 0 Å². The number of rotatable bonds is 3. The summed E-state index contributed by atoms with van der Waals surface area (Å²) in [5.74, 6) is 0. The Morgan fingerprint density at radius 3 is 2.10 bits per heavy atom. The Kier molecular flexibility index (Phi) is 4.17. The Morgan fingerprint density at radius 2 is 1.50 bits per heavy atom. The van der Waals surface area contributed by atoms with Crippen molar-refractivity contribution in [2.75, 3.05) is 0 Å². The first-order valence-corrected chi connectivity index (χ1v) is 6.58. The summed E-state index contributed by atoms with van der Waals surface area (Å²) in [6, 6.07) is 11.7. The van der Waals surface area contributed by atoms with Crippen molar-refractivity contribution in [3.05, 3.63) is 70.3 Å². The molecule has 0 fully saturated rings. The molecule has 20 heavy (non-hydrogen) atoms. The van der Waals surface area contributed by atoms with Gasteiger partial charge in [-0.3, -0.25) is 0 Å². The molecule has 2 rings (SSSR count). The van der Waals surface area contributed by atoms with Crippen LogP contribution in [0.4, 0.5) is 13.2 Å². The van der Waals surface area contributed by atoms with E-state index in [4.69, 9.17) is 0 Å². The van der Waals surface area contributed by atoms with Gasteiger partial charge in [-0.2, -0.15) is 13.2 Å². The van der Waals surface area contributed by atoms with E-state index in [1.54, 1.807) is 12.1 Å². The predicted octanol–water partition coefficient (Wildman–Crippen LogP) is 5.11. The summed E-state index contributed by atoms with van der Waals surface area (Å²) in [4.78, 5) is 0. The molecule has 2 aromatic carbocycles. The third-order valence-electron chi connectivity index (χ3n) is 3.47. The Balaban J connectivity index is 2.06. The van der Waals surface area contributed by atoms with Crippen LogP contribution in [0, 0.1) is 13.8 Å². The van der Waals surface area contributed by atoms with Gasteiger partial charge < -0.3 is 0 Å². The second kappa shape index (κ2) is 5.70. The fourth-order valence-electron chi connectivity index (χ4n) is 2.21. The van der Waals surface area contributed by atoms with Crippen LogP contribution in [0.2, 0.25) is 0 Å². The molecule has 0 aliphatic carbocycles. The largest absolute Gasteiger partial charge is 0.416 e. The van der Waals surface area contributed by atoms with E-state index in [0.717, 1.165) is 30.5 Å². The first-order chi connectivity index (χ1) is 9.36. The molecule has 0 aliphatic heterocycles. The lowest BCUT2D eigenvalue weighted by atomic mass is 9.98. The maximum Gasteiger partial charge on any atom is 0.416 e. The summed E-state index contributed by atoms with van der Waals surface area (Å²) in [5, 5.41) is 0. The third kappa shape index (κ3) is 3.62. The molecule has 0 unspecified atom stereocenters. The molecule has 0 atom stereocenters. The topological polar surface area (TPSA) is 0 Å². The van der Waals surface area contributed by atoms with Crippen molar-refractivity contribution in [2.24, 2.45) is 0 Å². The highest BCUT2D eigenvalue weighted by Crippen LogP contribution is 2.29. The lowest BCUT2D eigenvalue weighted by Crippen LogP contribution is -2.04. The maximum atomic E-state index is 12.5. The first kappa shape index (κ1) is 14.6. The highest BCUT2D eigenvalue weighted by molar-refractivity contribution is 5.32. The SMILES string of the molecule is Cc1ccc(C)c(CCc2ccc(C(F)(F)F)cc2)c1. The van der Waals surface area contributed by atoms with Crippen molar-refractivity contribution in [2.45, 2.75) is 32.9 Å². The Hall–Kier alpha value is -1.77. The summed E-state index contributed by atoms with van der Waals surface area (Å²) in [6.07, 6.45) is -2.66. The van der Waals surface area contributed by atoms with Crippen molar-refractivity contribution in [1.29, 1.82) is 0 Å². The lowest BCUT2D eigenvalue weighted by molar-refractivity contribution is -0.137. The van der Waals surface area contributed by atoms with Crippen LogP contribution in [0.3, 0.4) is 0 Å². The summed E-state index contributed by atoms with van der Waals surface area (Å²) in [5.41, 5.74) is 4.03. The summed E-state index contributed by atoms with van der Waals surface area (Å²) in [6.45, 7) is 4.10. The number of hydrogen-bond acceptors (Lipinski definition) is 0. The minimum absolute atomic E-state index is 0.590. The quantitative estimate of drug-likeness (QED) is 0.732. The van der Waals surface area contributed by atoms with E-state index in [-0.39, 0.29) is 0 Å². The predicted molar refractivity (Wildman–Crippen MR) is 74.8 cm³/mol. The van der Waals surface area contributed by atoms with Gasteiger partial charge in [0.25, 0.3) is 0 Å². The Labute approximate surface area is 117 Å². The van der Waals surface area contributed by atoms with Crippen LogP contribution < -0.4 is 0 Å². The van der Waals surface area contributed by atoms with Crippen LogP contribution in [0.5, 0.6) is 0 Å². The number of hydrogen-bond donors (Lipinski definition) is 0. The fourth-order valence-corrected chi connectivity index (χ4v) is 2.21. The Bertz CT molecular complexity index is 580. The minimum atomic E-state index is -4.26. The van der Waals surface area contributed by atoms with Crippen LogP contribution in [0.1, 0.15) is 27.8 Å². The van der Waals surface area contributed by atoms with Crippen molar-refractivity contribution in [3.8, 4) is 0 Å². The zero-order valence-corrected chi connectivity index (χ0v) is 11.6. The van der Waals surface area contributed by atoms with Gasteiger partial charge >= 0.3 is 6.18 Å². The molecule has 0 aromatic heterocycles. The van der Waals surface area contributed by atoms with E-state index < -0.39 is 11.7 Å². The van der Waals surface area contributed by atoms with Crippen molar-refractivity contribution in [3.63, 3.8) is 0 Å². The van der Waals surface area contributed by atoms with Gasteiger partial charge in [-0.15, -0.1) is 0 Å². The van der Waals surface area contributed by atoms with Gasteiger partial charge in [0, 0.05) is 0 Å². The number of alkyl halides is 3. The molecule has 106 valence electrons. The average Bonchev–Trinajstić information content (AvgIpc) is 2.39. The van der Waals surface area contributed by atoms with E-state index in [1.165, 1.54) is 16.7 Å². The third-order valence-corrected chi connectivity index (χ3v) is 3.47. The van der Waals surface area contributed by atoms with Crippen molar-refractivity contribution in [1.82, 2.24) is 0 Å². The molecule has 0 amide bonds. The molecule has 0 aliphatic rings. The van der Waals surface area contributed by atoms with Gasteiger partial charge in [-0.1, -0.05) is 35.9 Å². The second-order valence-corrected chi connectivity index (χ2v) is 5.12. The van der Waals surface area contributed by atoms with Gasteiger partial charge in [0.2, 0.25) is 0 Å². The van der Waals surface area contributed by atoms with E-state index in [9.17, 15) is 13.2 Å². The van der Waals surface area contributed by atoms with Crippen LogP contribution in [-0.2, 0) is 19.0 Å². The number of aryl methyl sites for hydroxylation is 4. The van der Waals surface area contributed by atoms with Gasteiger partial charge in [-0.25, -0.2) is 0 Å². The lowest BCUT2D eigenvalue weighted by Gasteiger charge is -2.09. The number of benzene rings is 2. The van der Waals surface area contributed by atoms with Crippen LogP contribution in [-0.4, -0.2) is 0 Å². The van der Waals surface area contributed by atoms with Gasteiger partial charge in [0.1, 0.15) is 0 Å². The molecule has 0 saturated heterocycles.